The zero-order valence-corrected chi connectivity index (χ0v) is 10.1. The summed E-state index contributed by atoms with van der Waals surface area (Å²) >= 11 is 0. The summed E-state index contributed by atoms with van der Waals surface area (Å²) in [7, 11) is 0. The molecule has 2 nitrogen and oxygen atoms in total. The molecule has 2 heteroatoms. The highest BCUT2D eigenvalue weighted by molar-refractivity contribution is 4.91. The standard InChI is InChI=1S/C13H24N2/c1-4-7-15(9-12-5-6-12)10-13(14)8-11(2)3/h1,11-13H,5-10,14H2,2-3H3. The van der Waals surface area contributed by atoms with Crippen molar-refractivity contribution in [1.29, 1.82) is 0 Å². The van der Waals surface area contributed by atoms with Crippen molar-refractivity contribution in [3.63, 3.8) is 0 Å². The average molecular weight is 208 g/mol. The second-order valence-electron chi connectivity index (χ2n) is 5.23. The number of hydrogen-bond acceptors (Lipinski definition) is 2. The van der Waals surface area contributed by atoms with Gasteiger partial charge in [-0.25, -0.2) is 0 Å². The van der Waals surface area contributed by atoms with Crippen molar-refractivity contribution in [2.24, 2.45) is 17.6 Å². The topological polar surface area (TPSA) is 29.3 Å². The molecule has 0 aliphatic heterocycles. The fraction of sp³-hybridized carbons (Fsp3) is 0.846. The first kappa shape index (κ1) is 12.5. The van der Waals surface area contributed by atoms with E-state index in [1.165, 1.54) is 12.8 Å². The van der Waals surface area contributed by atoms with Crippen LogP contribution in [0.5, 0.6) is 0 Å². The van der Waals surface area contributed by atoms with Gasteiger partial charge in [0.25, 0.3) is 0 Å². The maximum atomic E-state index is 6.09. The Labute approximate surface area is 94.2 Å². The third-order valence-electron chi connectivity index (χ3n) is 2.80. The monoisotopic (exact) mass is 208 g/mol. The minimum Gasteiger partial charge on any atom is -0.327 e. The Balaban J connectivity index is 2.25. The molecular formula is C13H24N2. The van der Waals surface area contributed by atoms with Gasteiger partial charge in [0.05, 0.1) is 6.54 Å². The van der Waals surface area contributed by atoms with Crippen LogP contribution in [0.2, 0.25) is 0 Å². The molecule has 1 saturated carbocycles. The quantitative estimate of drug-likeness (QED) is 0.645. The molecule has 0 aromatic rings. The van der Waals surface area contributed by atoms with Gasteiger partial charge in [0.2, 0.25) is 0 Å². The summed E-state index contributed by atoms with van der Waals surface area (Å²) in [6.07, 6.45) is 9.21. The summed E-state index contributed by atoms with van der Waals surface area (Å²) in [5.74, 6) is 4.30. The Morgan fingerprint density at radius 3 is 2.60 bits per heavy atom. The molecule has 0 heterocycles. The Morgan fingerprint density at radius 2 is 2.13 bits per heavy atom. The molecule has 0 saturated heterocycles. The first-order valence-corrected chi connectivity index (χ1v) is 6.03. The molecule has 1 aliphatic rings. The van der Waals surface area contributed by atoms with Crippen LogP contribution in [0, 0.1) is 24.2 Å². The number of terminal acetylenes is 1. The first-order chi connectivity index (χ1) is 7.11. The van der Waals surface area contributed by atoms with Crippen LogP contribution in [0.1, 0.15) is 33.1 Å². The van der Waals surface area contributed by atoms with Crippen LogP contribution >= 0.6 is 0 Å². The summed E-state index contributed by atoms with van der Waals surface area (Å²) in [6.45, 7) is 7.29. The molecule has 86 valence electrons. The van der Waals surface area contributed by atoms with Gasteiger partial charge < -0.3 is 5.73 Å². The van der Waals surface area contributed by atoms with Crippen molar-refractivity contribution in [3.05, 3.63) is 0 Å². The lowest BCUT2D eigenvalue weighted by molar-refractivity contribution is 0.263. The molecule has 2 N–H and O–H groups in total. The minimum atomic E-state index is 0.275. The Hall–Kier alpha value is -0.520. The van der Waals surface area contributed by atoms with Gasteiger partial charge in [0.15, 0.2) is 0 Å². The molecule has 0 aromatic carbocycles. The van der Waals surface area contributed by atoms with Gasteiger partial charge in [-0.3, -0.25) is 4.90 Å². The molecule has 1 atom stereocenters. The molecule has 15 heavy (non-hydrogen) atoms. The minimum absolute atomic E-state index is 0.275. The van der Waals surface area contributed by atoms with E-state index in [0.29, 0.717) is 5.92 Å². The smallest absolute Gasteiger partial charge is 0.0599 e. The number of nitrogens with zero attached hydrogens (tertiary/aromatic N) is 1. The van der Waals surface area contributed by atoms with Crippen molar-refractivity contribution in [1.82, 2.24) is 4.90 Å². The molecule has 0 aromatic heterocycles. The van der Waals surface area contributed by atoms with E-state index in [0.717, 1.165) is 32.0 Å². The Morgan fingerprint density at radius 1 is 1.47 bits per heavy atom. The van der Waals surface area contributed by atoms with Crippen LogP contribution in [0.3, 0.4) is 0 Å². The van der Waals surface area contributed by atoms with Gasteiger partial charge in [0, 0.05) is 19.1 Å². The third-order valence-corrected chi connectivity index (χ3v) is 2.80. The lowest BCUT2D eigenvalue weighted by atomic mass is 10.0. The van der Waals surface area contributed by atoms with Gasteiger partial charge in [0.1, 0.15) is 0 Å². The SMILES string of the molecule is C#CCN(CC(N)CC(C)C)CC1CC1. The molecule has 0 amide bonds. The average Bonchev–Trinajstić information content (AvgIpc) is 2.86. The van der Waals surface area contributed by atoms with Crippen molar-refractivity contribution < 1.29 is 0 Å². The highest BCUT2D eigenvalue weighted by Crippen LogP contribution is 2.29. The number of nitrogens with two attached hydrogens (primary N) is 1. The lowest BCUT2D eigenvalue weighted by Crippen LogP contribution is -2.39. The zero-order valence-electron chi connectivity index (χ0n) is 10.1. The normalized spacial score (nSPS) is 18.1. The van der Waals surface area contributed by atoms with Gasteiger partial charge in [-0.1, -0.05) is 19.8 Å². The summed E-state index contributed by atoms with van der Waals surface area (Å²) in [5.41, 5.74) is 6.09. The maximum Gasteiger partial charge on any atom is 0.0599 e. The summed E-state index contributed by atoms with van der Waals surface area (Å²) in [4.78, 5) is 2.34. The predicted octanol–water partition coefficient (Wildman–Crippen LogP) is 1.70. The highest BCUT2D eigenvalue weighted by Gasteiger charge is 2.24. The fourth-order valence-electron chi connectivity index (χ4n) is 2.01. The van der Waals surface area contributed by atoms with E-state index in [1.54, 1.807) is 0 Å². The molecule has 1 aliphatic carbocycles. The van der Waals surface area contributed by atoms with Crippen LogP contribution in [-0.4, -0.2) is 30.6 Å². The van der Waals surface area contributed by atoms with Crippen LogP contribution in [-0.2, 0) is 0 Å². The second-order valence-corrected chi connectivity index (χ2v) is 5.23. The van der Waals surface area contributed by atoms with Crippen molar-refractivity contribution in [2.45, 2.75) is 39.2 Å². The summed E-state index contributed by atoms with van der Waals surface area (Å²) in [6, 6.07) is 0.275. The Kier molecular flexibility index (Phi) is 5.14. The molecule has 1 rings (SSSR count). The van der Waals surface area contributed by atoms with E-state index in [2.05, 4.69) is 24.7 Å². The van der Waals surface area contributed by atoms with Gasteiger partial charge in [-0.2, -0.15) is 0 Å². The first-order valence-electron chi connectivity index (χ1n) is 6.03. The van der Waals surface area contributed by atoms with Gasteiger partial charge in [-0.15, -0.1) is 6.42 Å². The van der Waals surface area contributed by atoms with Crippen LogP contribution in [0.25, 0.3) is 0 Å². The second kappa shape index (κ2) is 6.15. The number of rotatable bonds is 7. The third kappa shape index (κ3) is 5.81. The van der Waals surface area contributed by atoms with Crippen LogP contribution in [0.4, 0.5) is 0 Å². The van der Waals surface area contributed by atoms with Crippen molar-refractivity contribution >= 4 is 0 Å². The zero-order chi connectivity index (χ0) is 11.3. The molecule has 1 fully saturated rings. The Bertz CT molecular complexity index is 213. The fourth-order valence-corrected chi connectivity index (χ4v) is 2.01. The van der Waals surface area contributed by atoms with E-state index in [9.17, 15) is 0 Å². The molecule has 0 bridgehead atoms. The van der Waals surface area contributed by atoms with E-state index in [4.69, 9.17) is 12.2 Å². The van der Waals surface area contributed by atoms with Crippen LogP contribution in [0.15, 0.2) is 0 Å². The number of hydrogen-bond donors (Lipinski definition) is 1. The van der Waals surface area contributed by atoms with E-state index < -0.39 is 0 Å². The van der Waals surface area contributed by atoms with Crippen LogP contribution < -0.4 is 5.73 Å². The van der Waals surface area contributed by atoms with Gasteiger partial charge in [-0.05, 0) is 31.1 Å². The van der Waals surface area contributed by atoms with E-state index in [1.807, 2.05) is 0 Å². The van der Waals surface area contributed by atoms with Crippen molar-refractivity contribution in [3.8, 4) is 12.3 Å². The molecule has 0 radical (unpaired) electrons. The van der Waals surface area contributed by atoms with Crippen molar-refractivity contribution in [2.75, 3.05) is 19.6 Å². The predicted molar refractivity (Wildman–Crippen MR) is 65.4 cm³/mol. The summed E-state index contributed by atoms with van der Waals surface area (Å²) in [5, 5.41) is 0. The van der Waals surface area contributed by atoms with E-state index >= 15 is 0 Å². The molecule has 1 unspecified atom stereocenters. The summed E-state index contributed by atoms with van der Waals surface area (Å²) < 4.78 is 0. The highest BCUT2D eigenvalue weighted by atomic mass is 15.1. The molecular weight excluding hydrogens is 184 g/mol. The lowest BCUT2D eigenvalue weighted by Gasteiger charge is -2.24. The van der Waals surface area contributed by atoms with Gasteiger partial charge >= 0.3 is 0 Å². The van der Waals surface area contributed by atoms with E-state index in [-0.39, 0.29) is 6.04 Å². The maximum absolute atomic E-state index is 6.09. The molecule has 0 spiro atoms. The largest absolute Gasteiger partial charge is 0.327 e.